The van der Waals surface area contributed by atoms with E-state index in [1.54, 1.807) is 0 Å². The van der Waals surface area contributed by atoms with Crippen molar-refractivity contribution in [3.63, 3.8) is 0 Å². The van der Waals surface area contributed by atoms with Crippen molar-refractivity contribution >= 4 is 0 Å². The van der Waals surface area contributed by atoms with Crippen LogP contribution in [0.1, 0.15) is 133 Å². The fourth-order valence-electron chi connectivity index (χ4n) is 5.64. The highest BCUT2D eigenvalue weighted by atomic mass is 14.7. The molecule has 1 aliphatic carbocycles. The Labute approximate surface area is 254 Å². The van der Waals surface area contributed by atoms with Crippen LogP contribution < -0.4 is 5.73 Å². The van der Waals surface area contributed by atoms with E-state index < -0.39 is 0 Å². The molecule has 1 rings (SSSR count). The largest absolute Gasteiger partial charge is 0.324 e. The lowest BCUT2D eigenvalue weighted by Gasteiger charge is -2.37. The van der Waals surface area contributed by atoms with E-state index in [2.05, 4.69) is 87.9 Å². The quantitative estimate of drug-likeness (QED) is 0.158. The molecule has 40 heavy (non-hydrogen) atoms. The molecule has 0 aromatic rings. The van der Waals surface area contributed by atoms with Gasteiger partial charge in [-0.15, -0.1) is 13.2 Å². The Bertz CT molecular complexity index is 702. The number of allylic oxidation sites excluding steroid dienone is 5. The summed E-state index contributed by atoms with van der Waals surface area (Å²) in [5.41, 5.74) is 11.4. The van der Waals surface area contributed by atoms with Crippen LogP contribution in [0.4, 0.5) is 0 Å². The minimum Gasteiger partial charge on any atom is -0.324 e. The molecule has 1 aliphatic rings. The summed E-state index contributed by atoms with van der Waals surface area (Å²) in [4.78, 5) is 0. The summed E-state index contributed by atoms with van der Waals surface area (Å²) >= 11 is 0. The predicted molar refractivity (Wildman–Crippen MR) is 189 cm³/mol. The fraction of sp³-hybridized carbons (Fsp3) is 0.692. The van der Waals surface area contributed by atoms with Gasteiger partial charge in [0.15, 0.2) is 0 Å². The molecule has 0 heterocycles. The normalized spacial score (nSPS) is 16.6. The first-order valence-electron chi connectivity index (χ1n) is 16.4. The van der Waals surface area contributed by atoms with Gasteiger partial charge in [-0.25, -0.2) is 0 Å². The summed E-state index contributed by atoms with van der Waals surface area (Å²) in [5, 5.41) is 0. The molecule has 0 aliphatic heterocycles. The number of nitrogens with two attached hydrogens (primary N) is 1. The second-order valence-electron chi connectivity index (χ2n) is 12.2. The van der Waals surface area contributed by atoms with Gasteiger partial charge in [-0.1, -0.05) is 142 Å². The van der Waals surface area contributed by atoms with Crippen molar-refractivity contribution < 1.29 is 0 Å². The lowest BCUT2D eigenvalue weighted by molar-refractivity contribution is 0.189. The Hall–Kier alpha value is -1.60. The molecule has 0 spiro atoms. The summed E-state index contributed by atoms with van der Waals surface area (Å²) in [7, 11) is 0. The molecule has 1 heteroatoms. The Balaban J connectivity index is -0.000000669. The Morgan fingerprint density at radius 2 is 1.38 bits per heavy atom. The van der Waals surface area contributed by atoms with E-state index in [0.29, 0.717) is 29.6 Å². The topological polar surface area (TPSA) is 26.0 Å². The number of hydrogen-bond donors (Lipinski definition) is 1. The molecule has 0 radical (unpaired) electrons. The predicted octanol–water partition coefficient (Wildman–Crippen LogP) is 12.7. The van der Waals surface area contributed by atoms with E-state index in [1.165, 1.54) is 55.2 Å². The molecule has 2 N–H and O–H groups in total. The molecule has 0 saturated heterocycles. The van der Waals surface area contributed by atoms with Gasteiger partial charge in [-0.2, -0.15) is 0 Å². The Morgan fingerprint density at radius 3 is 1.73 bits per heavy atom. The maximum atomic E-state index is 6.60. The van der Waals surface area contributed by atoms with Crippen molar-refractivity contribution in [3.8, 4) is 0 Å². The first-order valence-corrected chi connectivity index (χ1v) is 16.4. The Kier molecular flexibility index (Phi) is 28.2. The van der Waals surface area contributed by atoms with Crippen LogP contribution >= 0.6 is 0 Å². The monoisotopic (exact) mass is 556 g/mol. The van der Waals surface area contributed by atoms with Gasteiger partial charge in [-0.05, 0) is 87.9 Å². The molecular weight excluding hydrogens is 482 g/mol. The second kappa shape index (κ2) is 26.3. The highest BCUT2D eigenvalue weighted by Crippen LogP contribution is 2.39. The highest BCUT2D eigenvalue weighted by Gasteiger charge is 2.31. The standard InChI is InChI=1S/C22H41N.C11H18.C4H8.C2H6/c1-8-17(6)21(16(4)5)20(15(2)3)14-18(7)22(23)19-12-10-9-11-13-19;1-6-7-8-10(4)11(5)9(2)3;1-3-4-2;1-2/h16-17,19-22H,2,7-14,23H2,1,3-6H3;6,10H,1-2,5,7-8H2,3-4H3;3H,1,4H2,2H3;1-2H3. The van der Waals surface area contributed by atoms with Crippen molar-refractivity contribution in [1.29, 1.82) is 0 Å². The molecule has 5 atom stereocenters. The summed E-state index contributed by atoms with van der Waals surface area (Å²) in [6.07, 6.45) is 16.0. The van der Waals surface area contributed by atoms with E-state index in [-0.39, 0.29) is 6.04 Å². The van der Waals surface area contributed by atoms with Gasteiger partial charge >= 0.3 is 0 Å². The van der Waals surface area contributed by atoms with Gasteiger partial charge in [0, 0.05) is 6.04 Å². The van der Waals surface area contributed by atoms with Gasteiger partial charge in [0.25, 0.3) is 0 Å². The average molecular weight is 556 g/mol. The summed E-state index contributed by atoms with van der Waals surface area (Å²) in [6.45, 7) is 45.6. The highest BCUT2D eigenvalue weighted by molar-refractivity contribution is 5.24. The number of rotatable bonds is 15. The van der Waals surface area contributed by atoms with Crippen molar-refractivity contribution in [2.24, 2.45) is 41.2 Å². The van der Waals surface area contributed by atoms with E-state index in [0.717, 1.165) is 37.2 Å². The molecule has 234 valence electrons. The molecule has 0 aromatic carbocycles. The van der Waals surface area contributed by atoms with E-state index >= 15 is 0 Å². The van der Waals surface area contributed by atoms with Crippen molar-refractivity contribution in [1.82, 2.24) is 0 Å². The van der Waals surface area contributed by atoms with E-state index in [1.807, 2.05) is 32.9 Å². The molecular formula is C39H73N. The van der Waals surface area contributed by atoms with Gasteiger partial charge in [0.05, 0.1) is 0 Å². The third-order valence-corrected chi connectivity index (χ3v) is 8.52. The zero-order valence-corrected chi connectivity index (χ0v) is 29.1. The van der Waals surface area contributed by atoms with Crippen LogP contribution in [-0.2, 0) is 0 Å². The first-order chi connectivity index (χ1) is 18.8. The number of hydrogen-bond acceptors (Lipinski definition) is 1. The summed E-state index contributed by atoms with van der Waals surface area (Å²) in [5.74, 6) is 3.79. The minimum atomic E-state index is 0.182. The van der Waals surface area contributed by atoms with Gasteiger partial charge in [-0.3, -0.25) is 0 Å². The maximum Gasteiger partial charge on any atom is 0.0279 e. The smallest absolute Gasteiger partial charge is 0.0279 e. The van der Waals surface area contributed by atoms with E-state index in [4.69, 9.17) is 5.73 Å². The van der Waals surface area contributed by atoms with Crippen LogP contribution in [0.25, 0.3) is 0 Å². The fourth-order valence-corrected chi connectivity index (χ4v) is 5.64. The van der Waals surface area contributed by atoms with Crippen molar-refractivity contribution in [3.05, 3.63) is 73.9 Å². The molecule has 0 aromatic heterocycles. The molecule has 1 fully saturated rings. The first kappa shape index (κ1) is 42.9. The average Bonchev–Trinajstić information content (AvgIpc) is 2.95. The summed E-state index contributed by atoms with van der Waals surface area (Å²) in [6, 6.07) is 0.182. The zero-order valence-electron chi connectivity index (χ0n) is 29.1. The third-order valence-electron chi connectivity index (χ3n) is 8.52. The molecule has 0 amide bonds. The third kappa shape index (κ3) is 18.7. The van der Waals surface area contributed by atoms with Crippen LogP contribution in [0.3, 0.4) is 0 Å². The Morgan fingerprint density at radius 1 is 0.875 bits per heavy atom. The maximum absolute atomic E-state index is 6.60. The van der Waals surface area contributed by atoms with Crippen LogP contribution in [0.2, 0.25) is 0 Å². The minimum absolute atomic E-state index is 0.182. The van der Waals surface area contributed by atoms with Crippen molar-refractivity contribution in [2.75, 3.05) is 0 Å². The van der Waals surface area contributed by atoms with Crippen LogP contribution in [0.5, 0.6) is 0 Å². The molecule has 0 bridgehead atoms. The van der Waals surface area contributed by atoms with Crippen LogP contribution in [-0.4, -0.2) is 6.04 Å². The van der Waals surface area contributed by atoms with Gasteiger partial charge in [0.2, 0.25) is 0 Å². The SMILES string of the molecule is C=C(CC(C(=C)C)C(C(C)C)C(C)CC)C(N)C1CCCCC1.C=CCC.C=CCCC(C)C(=C)C(=C)C.CC. The molecule has 5 unspecified atom stereocenters. The van der Waals surface area contributed by atoms with Gasteiger partial charge in [0.1, 0.15) is 0 Å². The van der Waals surface area contributed by atoms with Gasteiger partial charge < -0.3 is 5.73 Å². The van der Waals surface area contributed by atoms with Crippen LogP contribution in [0.15, 0.2) is 73.9 Å². The summed E-state index contributed by atoms with van der Waals surface area (Å²) < 4.78 is 0. The molecule has 1 nitrogen and oxygen atoms in total. The second-order valence-corrected chi connectivity index (χ2v) is 12.2. The molecule has 1 saturated carbocycles. The van der Waals surface area contributed by atoms with E-state index in [9.17, 15) is 0 Å². The zero-order chi connectivity index (χ0) is 31.8. The van der Waals surface area contributed by atoms with Crippen LogP contribution in [0, 0.1) is 35.5 Å². The van der Waals surface area contributed by atoms with Crippen molar-refractivity contribution in [2.45, 2.75) is 139 Å². The lowest BCUT2D eigenvalue weighted by Crippen LogP contribution is -2.35. The lowest BCUT2D eigenvalue weighted by atomic mass is 9.68.